The fourth-order valence-corrected chi connectivity index (χ4v) is 1.35. The van der Waals surface area contributed by atoms with E-state index < -0.39 is 0 Å². The lowest BCUT2D eigenvalue weighted by molar-refractivity contribution is 0.659. The van der Waals surface area contributed by atoms with Crippen molar-refractivity contribution in [3.8, 4) is 0 Å². The van der Waals surface area contributed by atoms with Gasteiger partial charge in [-0.1, -0.05) is 13.0 Å². The Morgan fingerprint density at radius 2 is 2.36 bits per heavy atom. The van der Waals surface area contributed by atoms with Crippen LogP contribution >= 0.6 is 0 Å². The van der Waals surface area contributed by atoms with E-state index in [-0.39, 0.29) is 0 Å². The van der Waals surface area contributed by atoms with E-state index in [1.165, 1.54) is 17.7 Å². The van der Waals surface area contributed by atoms with E-state index in [9.17, 15) is 0 Å². The molecule has 0 saturated heterocycles. The SMILES string of the molecule is CCNC1=C(C)C(C)CC=C1. The zero-order valence-corrected chi connectivity index (χ0v) is 7.65. The summed E-state index contributed by atoms with van der Waals surface area (Å²) < 4.78 is 0. The summed E-state index contributed by atoms with van der Waals surface area (Å²) >= 11 is 0. The number of nitrogens with one attached hydrogen (secondary N) is 1. The molecule has 1 rings (SSSR count). The lowest BCUT2D eigenvalue weighted by atomic mass is 9.93. The molecule has 0 heterocycles. The molecule has 0 aromatic heterocycles. The molecular weight excluding hydrogens is 134 g/mol. The van der Waals surface area contributed by atoms with Crippen molar-refractivity contribution < 1.29 is 0 Å². The van der Waals surface area contributed by atoms with Crippen molar-refractivity contribution in [1.29, 1.82) is 0 Å². The van der Waals surface area contributed by atoms with Crippen LogP contribution < -0.4 is 5.32 Å². The molecule has 1 atom stereocenters. The van der Waals surface area contributed by atoms with Crippen molar-refractivity contribution in [3.63, 3.8) is 0 Å². The third-order valence-corrected chi connectivity index (χ3v) is 2.31. The third kappa shape index (κ3) is 1.86. The molecule has 0 bridgehead atoms. The normalized spacial score (nSPS) is 24.1. The molecule has 0 spiro atoms. The second kappa shape index (κ2) is 3.61. The Bertz CT molecular complexity index is 189. The molecule has 1 aliphatic rings. The van der Waals surface area contributed by atoms with Gasteiger partial charge in [0.2, 0.25) is 0 Å². The molecule has 1 heteroatoms. The average Bonchev–Trinajstić information content (AvgIpc) is 1.99. The topological polar surface area (TPSA) is 12.0 Å². The Balaban J connectivity index is 2.72. The van der Waals surface area contributed by atoms with Crippen molar-refractivity contribution in [2.45, 2.75) is 27.2 Å². The van der Waals surface area contributed by atoms with Crippen molar-refractivity contribution in [1.82, 2.24) is 5.32 Å². The number of likely N-dealkylation sites (N-methyl/N-ethyl adjacent to an activating group) is 1. The fourth-order valence-electron chi connectivity index (χ4n) is 1.35. The van der Waals surface area contributed by atoms with E-state index in [0.717, 1.165) is 6.54 Å². The van der Waals surface area contributed by atoms with Gasteiger partial charge in [-0.3, -0.25) is 0 Å². The zero-order valence-electron chi connectivity index (χ0n) is 7.65. The molecule has 0 amide bonds. The van der Waals surface area contributed by atoms with E-state index in [1.807, 2.05) is 0 Å². The van der Waals surface area contributed by atoms with Gasteiger partial charge in [-0.05, 0) is 37.8 Å². The highest BCUT2D eigenvalue weighted by molar-refractivity contribution is 5.28. The number of allylic oxidation sites excluding steroid dienone is 3. The van der Waals surface area contributed by atoms with Crippen LogP contribution in [-0.4, -0.2) is 6.54 Å². The predicted octanol–water partition coefficient (Wildman–Crippen LogP) is 2.47. The van der Waals surface area contributed by atoms with Crippen LogP contribution in [0.5, 0.6) is 0 Å². The minimum absolute atomic E-state index is 0.717. The second-order valence-corrected chi connectivity index (χ2v) is 3.17. The van der Waals surface area contributed by atoms with E-state index in [1.54, 1.807) is 0 Å². The van der Waals surface area contributed by atoms with Gasteiger partial charge in [0.05, 0.1) is 0 Å². The Morgan fingerprint density at radius 1 is 1.64 bits per heavy atom. The van der Waals surface area contributed by atoms with Crippen LogP contribution in [0.25, 0.3) is 0 Å². The van der Waals surface area contributed by atoms with Crippen molar-refractivity contribution >= 4 is 0 Å². The molecular formula is C10H17N. The molecule has 0 aliphatic heterocycles. The minimum atomic E-state index is 0.717. The van der Waals surface area contributed by atoms with Crippen LogP contribution in [0.4, 0.5) is 0 Å². The van der Waals surface area contributed by atoms with Crippen LogP contribution in [0, 0.1) is 5.92 Å². The fraction of sp³-hybridized carbons (Fsp3) is 0.600. The van der Waals surface area contributed by atoms with Gasteiger partial charge in [0.25, 0.3) is 0 Å². The predicted molar refractivity (Wildman–Crippen MR) is 49.3 cm³/mol. The lowest BCUT2D eigenvalue weighted by Crippen LogP contribution is -2.16. The molecule has 1 unspecified atom stereocenters. The maximum absolute atomic E-state index is 3.36. The maximum Gasteiger partial charge on any atom is 0.0328 e. The molecule has 0 saturated carbocycles. The van der Waals surface area contributed by atoms with Gasteiger partial charge in [-0.2, -0.15) is 0 Å². The largest absolute Gasteiger partial charge is 0.385 e. The van der Waals surface area contributed by atoms with Gasteiger partial charge in [-0.25, -0.2) is 0 Å². The maximum atomic E-state index is 3.36. The van der Waals surface area contributed by atoms with Crippen LogP contribution in [0.3, 0.4) is 0 Å². The first-order chi connectivity index (χ1) is 5.25. The summed E-state index contributed by atoms with van der Waals surface area (Å²) in [4.78, 5) is 0. The molecule has 0 fully saturated rings. The summed E-state index contributed by atoms with van der Waals surface area (Å²) in [6.45, 7) is 7.64. The highest BCUT2D eigenvalue weighted by Gasteiger charge is 2.10. The first-order valence-electron chi connectivity index (χ1n) is 4.37. The van der Waals surface area contributed by atoms with Gasteiger partial charge in [0.1, 0.15) is 0 Å². The molecule has 1 aliphatic carbocycles. The van der Waals surface area contributed by atoms with Gasteiger partial charge in [-0.15, -0.1) is 0 Å². The van der Waals surface area contributed by atoms with Crippen LogP contribution in [-0.2, 0) is 0 Å². The average molecular weight is 151 g/mol. The molecule has 0 aromatic carbocycles. The monoisotopic (exact) mass is 151 g/mol. The Morgan fingerprint density at radius 3 is 3.00 bits per heavy atom. The summed E-state index contributed by atoms with van der Waals surface area (Å²) in [5.74, 6) is 0.717. The van der Waals surface area contributed by atoms with E-state index in [2.05, 4.69) is 38.2 Å². The van der Waals surface area contributed by atoms with Crippen molar-refractivity contribution in [2.24, 2.45) is 5.92 Å². The molecule has 0 aromatic rings. The van der Waals surface area contributed by atoms with Gasteiger partial charge in [0.15, 0.2) is 0 Å². The summed E-state index contributed by atoms with van der Waals surface area (Å²) in [5.41, 5.74) is 2.82. The second-order valence-electron chi connectivity index (χ2n) is 3.17. The summed E-state index contributed by atoms with van der Waals surface area (Å²) in [7, 11) is 0. The van der Waals surface area contributed by atoms with E-state index in [0.29, 0.717) is 5.92 Å². The quantitative estimate of drug-likeness (QED) is 0.639. The smallest absolute Gasteiger partial charge is 0.0328 e. The van der Waals surface area contributed by atoms with E-state index in [4.69, 9.17) is 0 Å². The first-order valence-corrected chi connectivity index (χ1v) is 4.37. The van der Waals surface area contributed by atoms with Gasteiger partial charge >= 0.3 is 0 Å². The Labute approximate surface area is 69.2 Å². The molecule has 1 nitrogen and oxygen atoms in total. The summed E-state index contributed by atoms with van der Waals surface area (Å²) in [5, 5.41) is 3.36. The zero-order chi connectivity index (χ0) is 8.27. The first kappa shape index (κ1) is 8.38. The van der Waals surface area contributed by atoms with Gasteiger partial charge < -0.3 is 5.32 Å². The van der Waals surface area contributed by atoms with Crippen LogP contribution in [0.1, 0.15) is 27.2 Å². The Hall–Kier alpha value is -0.720. The molecule has 11 heavy (non-hydrogen) atoms. The number of hydrogen-bond donors (Lipinski definition) is 1. The summed E-state index contributed by atoms with van der Waals surface area (Å²) in [6.07, 6.45) is 5.63. The van der Waals surface area contributed by atoms with Crippen molar-refractivity contribution in [3.05, 3.63) is 23.4 Å². The van der Waals surface area contributed by atoms with E-state index >= 15 is 0 Å². The standard InChI is InChI=1S/C10H17N/c1-4-11-10-7-5-6-8(2)9(10)3/h5,7-8,11H,4,6H2,1-3H3. The highest BCUT2D eigenvalue weighted by Crippen LogP contribution is 2.22. The van der Waals surface area contributed by atoms with Crippen LogP contribution in [0.15, 0.2) is 23.4 Å². The molecule has 1 N–H and O–H groups in total. The van der Waals surface area contributed by atoms with Crippen LogP contribution in [0.2, 0.25) is 0 Å². The lowest BCUT2D eigenvalue weighted by Gasteiger charge is -2.19. The van der Waals surface area contributed by atoms with Gasteiger partial charge in [0, 0.05) is 12.2 Å². The number of rotatable bonds is 2. The highest BCUT2D eigenvalue weighted by atomic mass is 14.9. The Kier molecular flexibility index (Phi) is 2.75. The number of hydrogen-bond acceptors (Lipinski definition) is 1. The minimum Gasteiger partial charge on any atom is -0.385 e. The third-order valence-electron chi connectivity index (χ3n) is 2.31. The molecule has 62 valence electrons. The van der Waals surface area contributed by atoms with Crippen molar-refractivity contribution in [2.75, 3.05) is 6.54 Å². The molecule has 0 radical (unpaired) electrons. The summed E-state index contributed by atoms with van der Waals surface area (Å²) in [6, 6.07) is 0.